The van der Waals surface area contributed by atoms with Gasteiger partial charge in [-0.15, -0.1) is 0 Å². The van der Waals surface area contributed by atoms with Gasteiger partial charge in [-0.3, -0.25) is 4.79 Å². The van der Waals surface area contributed by atoms with E-state index in [-0.39, 0.29) is 22.7 Å². The van der Waals surface area contributed by atoms with Gasteiger partial charge in [0.2, 0.25) is 5.91 Å². The highest BCUT2D eigenvalue weighted by molar-refractivity contribution is 5.79. The number of carbonyl (C=O) groups excluding carboxylic acids is 2. The molecule has 34 heavy (non-hydrogen) atoms. The number of rotatable bonds is 3. The molecule has 0 spiro atoms. The molecule has 186 valence electrons. The van der Waals surface area contributed by atoms with Gasteiger partial charge >= 0.3 is 0 Å². The fourth-order valence-corrected chi connectivity index (χ4v) is 9.76. The fourth-order valence-electron chi connectivity index (χ4n) is 9.76. The van der Waals surface area contributed by atoms with Crippen molar-refractivity contribution in [1.82, 2.24) is 5.32 Å². The van der Waals surface area contributed by atoms with Crippen LogP contribution >= 0.6 is 0 Å². The molecular formula is C30H43NO3. The second-order valence-corrected chi connectivity index (χ2v) is 12.8. The molecule has 0 aromatic rings. The van der Waals surface area contributed by atoms with Crippen LogP contribution in [0.1, 0.15) is 97.3 Å². The Bertz CT molecular complexity index is 906. The summed E-state index contributed by atoms with van der Waals surface area (Å²) in [5, 5.41) is 13.5. The molecular weight excluding hydrogens is 422 g/mol. The van der Waals surface area contributed by atoms with Gasteiger partial charge in [0.25, 0.3) is 0 Å². The highest BCUT2D eigenvalue weighted by atomic mass is 16.2. The first-order chi connectivity index (χ1) is 16.4. The summed E-state index contributed by atoms with van der Waals surface area (Å²) < 4.78 is 0. The van der Waals surface area contributed by atoms with Gasteiger partial charge in [-0.05, 0) is 122 Å². The first-order valence-electron chi connectivity index (χ1n) is 14.0. The minimum Gasteiger partial charge on any atom is -0.516 e. The first kappa shape index (κ1) is 24.0. The molecule has 0 aromatic carbocycles. The molecule has 4 heteroatoms. The topological polar surface area (TPSA) is 66.4 Å². The molecule has 0 aromatic heterocycles. The van der Waals surface area contributed by atoms with E-state index in [1.54, 1.807) is 0 Å². The third-order valence-corrected chi connectivity index (χ3v) is 11.4. The number of hydrogen-bond acceptors (Lipinski definition) is 3. The minimum absolute atomic E-state index is 0.145. The largest absolute Gasteiger partial charge is 0.516 e. The quantitative estimate of drug-likeness (QED) is 0.292. The van der Waals surface area contributed by atoms with Crippen molar-refractivity contribution >= 4 is 11.8 Å². The number of fused-ring (bicyclic) bond motifs is 5. The number of amides is 1. The molecule has 0 heterocycles. The Morgan fingerprint density at radius 2 is 1.71 bits per heavy atom. The molecule has 5 saturated carbocycles. The molecule has 4 nitrogen and oxygen atoms in total. The SMILES string of the molecule is C[C@]12CC[C@H]3[C@@H](CCC4C(C=C=C=O)CC(=CO)C[C@@]43C)[C@@H]1CC[C@@H]2NC(=O)C1CCCCC1. The zero-order valence-corrected chi connectivity index (χ0v) is 21.2. The number of aliphatic hydroxyl groups is 1. The van der Waals surface area contributed by atoms with Gasteiger partial charge in [0.15, 0.2) is 5.94 Å². The van der Waals surface area contributed by atoms with Crippen LogP contribution in [0.3, 0.4) is 0 Å². The smallest absolute Gasteiger partial charge is 0.223 e. The molecule has 8 atom stereocenters. The Morgan fingerprint density at radius 1 is 0.971 bits per heavy atom. The van der Waals surface area contributed by atoms with Crippen molar-refractivity contribution in [2.75, 3.05) is 0 Å². The van der Waals surface area contributed by atoms with Crippen LogP contribution in [0.25, 0.3) is 0 Å². The van der Waals surface area contributed by atoms with Crippen molar-refractivity contribution in [3.8, 4) is 0 Å². The zero-order chi connectivity index (χ0) is 23.9. The zero-order valence-electron chi connectivity index (χ0n) is 21.2. The van der Waals surface area contributed by atoms with Crippen molar-refractivity contribution in [3.05, 3.63) is 23.6 Å². The lowest BCUT2D eigenvalue weighted by Gasteiger charge is -2.61. The van der Waals surface area contributed by atoms with E-state index in [4.69, 9.17) is 0 Å². The predicted octanol–water partition coefficient (Wildman–Crippen LogP) is 6.31. The number of nitrogens with one attached hydrogen (secondary N) is 1. The van der Waals surface area contributed by atoms with Crippen LogP contribution < -0.4 is 5.32 Å². The maximum Gasteiger partial charge on any atom is 0.223 e. The third-order valence-electron chi connectivity index (χ3n) is 11.4. The van der Waals surface area contributed by atoms with Crippen LogP contribution in [-0.4, -0.2) is 23.0 Å². The van der Waals surface area contributed by atoms with Crippen molar-refractivity contribution in [2.24, 2.45) is 46.3 Å². The summed E-state index contributed by atoms with van der Waals surface area (Å²) in [6, 6.07) is 0.325. The Morgan fingerprint density at radius 3 is 2.44 bits per heavy atom. The van der Waals surface area contributed by atoms with Crippen LogP contribution in [0.5, 0.6) is 0 Å². The first-order valence-corrected chi connectivity index (χ1v) is 14.0. The lowest BCUT2D eigenvalue weighted by atomic mass is 9.43. The minimum atomic E-state index is 0.145. The highest BCUT2D eigenvalue weighted by Crippen LogP contribution is 2.67. The van der Waals surface area contributed by atoms with Gasteiger partial charge in [0.1, 0.15) is 0 Å². The van der Waals surface area contributed by atoms with E-state index in [2.05, 4.69) is 24.9 Å². The summed E-state index contributed by atoms with van der Waals surface area (Å²) in [4.78, 5) is 24.0. The summed E-state index contributed by atoms with van der Waals surface area (Å²) in [6.07, 6.45) is 18.1. The molecule has 5 aliphatic rings. The van der Waals surface area contributed by atoms with Gasteiger partial charge < -0.3 is 10.4 Å². The predicted molar refractivity (Wildman–Crippen MR) is 134 cm³/mol. The van der Waals surface area contributed by atoms with Gasteiger partial charge in [-0.1, -0.05) is 33.1 Å². The van der Waals surface area contributed by atoms with Crippen molar-refractivity contribution in [2.45, 2.75) is 103 Å². The number of hydrogen-bond donors (Lipinski definition) is 2. The summed E-state index contributed by atoms with van der Waals surface area (Å²) >= 11 is 0. The molecule has 5 aliphatic carbocycles. The van der Waals surface area contributed by atoms with Gasteiger partial charge in [-0.25, -0.2) is 4.79 Å². The molecule has 2 unspecified atom stereocenters. The molecule has 5 fully saturated rings. The normalized spacial score (nSPS) is 45.3. The lowest BCUT2D eigenvalue weighted by Crippen LogP contribution is -2.57. The van der Waals surface area contributed by atoms with Crippen LogP contribution in [0.2, 0.25) is 0 Å². The average molecular weight is 466 g/mol. The highest BCUT2D eigenvalue weighted by Gasteiger charge is 2.61. The molecule has 1 amide bonds. The Labute approximate surface area is 205 Å². The number of allylic oxidation sites excluding steroid dienone is 2. The van der Waals surface area contributed by atoms with E-state index in [0.29, 0.717) is 35.6 Å². The maximum absolute atomic E-state index is 13.1. The molecule has 0 saturated heterocycles. The van der Waals surface area contributed by atoms with Crippen molar-refractivity contribution in [3.63, 3.8) is 0 Å². The lowest BCUT2D eigenvalue weighted by molar-refractivity contribution is -0.130. The van der Waals surface area contributed by atoms with E-state index in [1.807, 2.05) is 12.0 Å². The molecule has 0 radical (unpaired) electrons. The fraction of sp³-hybridized carbons (Fsp3) is 0.800. The Hall–Kier alpha value is -1.76. The Balaban J connectivity index is 1.35. The van der Waals surface area contributed by atoms with Gasteiger partial charge in [0, 0.05) is 12.0 Å². The van der Waals surface area contributed by atoms with E-state index in [9.17, 15) is 14.7 Å². The Kier molecular flexibility index (Phi) is 6.60. The molecule has 0 aliphatic heterocycles. The van der Waals surface area contributed by atoms with Crippen LogP contribution in [0.4, 0.5) is 0 Å². The van der Waals surface area contributed by atoms with E-state index in [1.165, 1.54) is 57.6 Å². The summed E-state index contributed by atoms with van der Waals surface area (Å²) in [7, 11) is 0. The number of aliphatic hydroxyl groups excluding tert-OH is 1. The van der Waals surface area contributed by atoms with Crippen LogP contribution in [-0.2, 0) is 9.59 Å². The summed E-state index contributed by atoms with van der Waals surface area (Å²) in [6.45, 7) is 4.93. The average Bonchev–Trinajstić information content (AvgIpc) is 3.18. The van der Waals surface area contributed by atoms with E-state index < -0.39 is 0 Å². The monoisotopic (exact) mass is 465 g/mol. The van der Waals surface area contributed by atoms with E-state index in [0.717, 1.165) is 37.7 Å². The van der Waals surface area contributed by atoms with Crippen LogP contribution in [0.15, 0.2) is 23.6 Å². The molecule has 5 rings (SSSR count). The van der Waals surface area contributed by atoms with Crippen LogP contribution in [0, 0.1) is 46.3 Å². The second kappa shape index (κ2) is 9.36. The van der Waals surface area contributed by atoms with E-state index >= 15 is 0 Å². The van der Waals surface area contributed by atoms with Gasteiger partial charge in [-0.2, -0.15) is 0 Å². The standard InChI is InChI=1S/C30H43NO3/c1-29-15-14-26-23(25(29)12-13-27(29)31-28(34)21-7-4-3-5-8-21)10-11-24-22(9-6-16-32)17-20(19-33)18-30(24,26)2/h9,19,21-27,33H,3-5,7-8,10-15,17-18H2,1-2H3,(H,31,34)/t22?,23-,24?,25-,26-,27-,29-,30-/m0/s1. The third kappa shape index (κ3) is 3.92. The summed E-state index contributed by atoms with van der Waals surface area (Å²) in [5.41, 5.74) is 4.17. The molecule has 0 bridgehead atoms. The van der Waals surface area contributed by atoms with Crippen molar-refractivity contribution < 1.29 is 14.7 Å². The van der Waals surface area contributed by atoms with Crippen molar-refractivity contribution in [1.29, 1.82) is 0 Å². The second-order valence-electron chi connectivity index (χ2n) is 12.8. The number of carbonyl (C=O) groups is 1. The summed E-state index contributed by atoms with van der Waals surface area (Å²) in [5.74, 6) is 5.19. The molecule has 2 N–H and O–H groups in total. The van der Waals surface area contributed by atoms with Gasteiger partial charge in [0.05, 0.1) is 6.26 Å². The maximum atomic E-state index is 13.1.